The molecule has 1 rings (SSSR count). The number of nitrogens with one attached hydrogen (secondary N) is 1. The predicted molar refractivity (Wildman–Crippen MR) is 43.9 cm³/mol. The highest BCUT2D eigenvalue weighted by Crippen LogP contribution is 2.33. The number of rotatable bonds is 2. The van der Waals surface area contributed by atoms with E-state index in [-0.39, 0.29) is 12.8 Å². The van der Waals surface area contributed by atoms with Crippen LogP contribution in [-0.2, 0) is 9.63 Å². The maximum atomic E-state index is 13.2. The van der Waals surface area contributed by atoms with Gasteiger partial charge >= 0.3 is 12.1 Å². The van der Waals surface area contributed by atoms with Crippen molar-refractivity contribution in [2.45, 2.75) is 43.5 Å². The maximum absolute atomic E-state index is 13.2. The molecule has 1 fully saturated rings. The van der Waals surface area contributed by atoms with E-state index in [4.69, 9.17) is 0 Å². The molecule has 0 bridgehead atoms. The summed E-state index contributed by atoms with van der Waals surface area (Å²) in [5, 5.41) is 9.21. The van der Waals surface area contributed by atoms with Crippen LogP contribution in [-0.4, -0.2) is 35.3 Å². The van der Waals surface area contributed by atoms with Crippen LogP contribution in [0.2, 0.25) is 0 Å². The molecule has 2 N–H and O–H groups in total. The summed E-state index contributed by atoms with van der Waals surface area (Å²) in [7, 11) is 0. The molecule has 1 saturated carbocycles. The fourth-order valence-electron chi connectivity index (χ4n) is 1.49. The van der Waals surface area contributed by atoms with Gasteiger partial charge in [-0.1, -0.05) is 0 Å². The van der Waals surface area contributed by atoms with E-state index in [9.17, 15) is 31.9 Å². The van der Waals surface area contributed by atoms with Crippen molar-refractivity contribution in [2.24, 2.45) is 0 Å². The molecule has 0 radical (unpaired) electrons. The predicted octanol–water partition coefficient (Wildman–Crippen LogP) is 1.15. The number of halogens is 5. The van der Waals surface area contributed by atoms with Crippen molar-refractivity contribution in [1.82, 2.24) is 5.48 Å². The lowest BCUT2D eigenvalue weighted by Gasteiger charge is -2.34. The molecule has 0 heterocycles. The average molecular weight is 263 g/mol. The molecule has 0 saturated heterocycles. The molecule has 4 nitrogen and oxygen atoms in total. The highest BCUT2D eigenvalue weighted by atomic mass is 19.4. The van der Waals surface area contributed by atoms with Gasteiger partial charge in [0.15, 0.2) is 0 Å². The van der Waals surface area contributed by atoms with Gasteiger partial charge in [0.1, 0.15) is 6.04 Å². The lowest BCUT2D eigenvalue weighted by Crippen LogP contribution is -2.56. The number of alkyl halides is 5. The SMILES string of the molecule is O=C(ON[C@@H]1[C@H](O)CCCC1(F)F)C(F)(F)F. The summed E-state index contributed by atoms with van der Waals surface area (Å²) in [5.74, 6) is -6.06. The van der Waals surface area contributed by atoms with Gasteiger partial charge in [-0.3, -0.25) is 0 Å². The van der Waals surface area contributed by atoms with E-state index in [1.165, 1.54) is 5.48 Å². The Bertz CT molecular complexity index is 293. The van der Waals surface area contributed by atoms with E-state index in [1.54, 1.807) is 0 Å². The zero-order valence-electron chi connectivity index (χ0n) is 8.43. The van der Waals surface area contributed by atoms with Gasteiger partial charge in [0.05, 0.1) is 6.10 Å². The standard InChI is InChI=1S/C8H10F5NO3/c9-7(10)3-1-2-4(15)5(7)14-17-6(16)8(11,12)13/h4-5,14-15H,1-3H2/t4-,5-/m1/s1. The van der Waals surface area contributed by atoms with Crippen molar-refractivity contribution in [3.63, 3.8) is 0 Å². The van der Waals surface area contributed by atoms with Gasteiger partial charge in [-0.05, 0) is 12.8 Å². The van der Waals surface area contributed by atoms with Crippen molar-refractivity contribution in [1.29, 1.82) is 0 Å². The van der Waals surface area contributed by atoms with Gasteiger partial charge in [0, 0.05) is 6.42 Å². The summed E-state index contributed by atoms with van der Waals surface area (Å²) in [6.07, 6.45) is -7.40. The normalized spacial score (nSPS) is 28.8. The number of carbonyl (C=O) groups is 1. The zero-order chi connectivity index (χ0) is 13.3. The van der Waals surface area contributed by atoms with E-state index in [2.05, 4.69) is 4.84 Å². The smallest absolute Gasteiger partial charge is 0.391 e. The lowest BCUT2D eigenvalue weighted by molar-refractivity contribution is -0.218. The Balaban J connectivity index is 2.57. The molecular weight excluding hydrogens is 253 g/mol. The van der Waals surface area contributed by atoms with Crippen LogP contribution in [0.4, 0.5) is 22.0 Å². The summed E-state index contributed by atoms with van der Waals surface area (Å²) in [5.41, 5.74) is 1.30. The first-order valence-corrected chi connectivity index (χ1v) is 4.74. The molecule has 0 unspecified atom stereocenters. The van der Waals surface area contributed by atoms with E-state index >= 15 is 0 Å². The van der Waals surface area contributed by atoms with Gasteiger partial charge in [-0.15, -0.1) is 5.48 Å². The number of aliphatic hydroxyl groups excluding tert-OH is 1. The van der Waals surface area contributed by atoms with Crippen LogP contribution in [0.3, 0.4) is 0 Å². The van der Waals surface area contributed by atoms with Gasteiger partial charge in [-0.2, -0.15) is 13.2 Å². The van der Waals surface area contributed by atoms with Gasteiger partial charge in [0.25, 0.3) is 5.92 Å². The Morgan fingerprint density at radius 1 is 1.41 bits per heavy atom. The third-order valence-electron chi connectivity index (χ3n) is 2.36. The number of aliphatic hydroxyl groups is 1. The fraction of sp³-hybridized carbons (Fsp3) is 0.875. The van der Waals surface area contributed by atoms with E-state index in [1.807, 2.05) is 0 Å². The third kappa shape index (κ3) is 3.50. The zero-order valence-corrected chi connectivity index (χ0v) is 8.43. The van der Waals surface area contributed by atoms with E-state index < -0.39 is 36.6 Å². The highest BCUT2D eigenvalue weighted by Gasteiger charge is 2.49. The molecule has 17 heavy (non-hydrogen) atoms. The number of hydrogen-bond acceptors (Lipinski definition) is 4. The van der Waals surface area contributed by atoms with Crippen molar-refractivity contribution in [2.75, 3.05) is 0 Å². The lowest BCUT2D eigenvalue weighted by atomic mass is 9.89. The monoisotopic (exact) mass is 263 g/mol. The van der Waals surface area contributed by atoms with Crippen LogP contribution in [0, 0.1) is 0 Å². The molecule has 0 spiro atoms. The number of hydroxylamine groups is 1. The third-order valence-corrected chi connectivity index (χ3v) is 2.36. The largest absolute Gasteiger partial charge is 0.492 e. The van der Waals surface area contributed by atoms with Crippen LogP contribution >= 0.6 is 0 Å². The van der Waals surface area contributed by atoms with Crippen LogP contribution in [0.15, 0.2) is 0 Å². The molecule has 2 atom stereocenters. The number of hydrogen-bond donors (Lipinski definition) is 2. The van der Waals surface area contributed by atoms with E-state index in [0.717, 1.165) is 0 Å². The Labute approximate surface area is 92.7 Å². The summed E-state index contributed by atoms with van der Waals surface area (Å²) in [4.78, 5) is 13.8. The Kier molecular flexibility index (Phi) is 3.92. The minimum absolute atomic E-state index is 0.00315. The molecule has 0 aromatic heterocycles. The van der Waals surface area contributed by atoms with Crippen molar-refractivity contribution in [3.05, 3.63) is 0 Å². The first kappa shape index (κ1) is 14.1. The van der Waals surface area contributed by atoms with Crippen LogP contribution in [0.25, 0.3) is 0 Å². The van der Waals surface area contributed by atoms with E-state index in [0.29, 0.717) is 0 Å². The number of carbonyl (C=O) groups excluding carboxylic acids is 1. The molecule has 9 heteroatoms. The van der Waals surface area contributed by atoms with Crippen LogP contribution < -0.4 is 5.48 Å². The summed E-state index contributed by atoms with van der Waals surface area (Å²) < 4.78 is 61.5. The minimum Gasteiger partial charge on any atom is -0.391 e. The van der Waals surface area contributed by atoms with Crippen LogP contribution in [0.1, 0.15) is 19.3 Å². The molecule has 0 aromatic carbocycles. The second-order valence-electron chi connectivity index (χ2n) is 3.70. The van der Waals surface area contributed by atoms with Crippen molar-refractivity contribution < 1.29 is 36.7 Å². The van der Waals surface area contributed by atoms with Crippen LogP contribution in [0.5, 0.6) is 0 Å². The summed E-state index contributed by atoms with van der Waals surface area (Å²) in [6, 6.07) is -2.03. The fourth-order valence-corrected chi connectivity index (χ4v) is 1.49. The average Bonchev–Trinajstić information content (AvgIpc) is 2.14. The van der Waals surface area contributed by atoms with Crippen molar-refractivity contribution in [3.8, 4) is 0 Å². The molecule has 1 aliphatic rings. The van der Waals surface area contributed by atoms with Gasteiger partial charge < -0.3 is 9.94 Å². The maximum Gasteiger partial charge on any atom is 0.492 e. The van der Waals surface area contributed by atoms with Gasteiger partial charge in [-0.25, -0.2) is 13.6 Å². The second kappa shape index (κ2) is 4.73. The Morgan fingerprint density at radius 3 is 2.47 bits per heavy atom. The first-order valence-electron chi connectivity index (χ1n) is 4.74. The molecule has 1 aliphatic carbocycles. The quantitative estimate of drug-likeness (QED) is 0.579. The summed E-state index contributed by atoms with van der Waals surface area (Å²) >= 11 is 0. The first-order chi connectivity index (χ1) is 7.64. The van der Waals surface area contributed by atoms with Gasteiger partial charge in [0.2, 0.25) is 0 Å². The molecule has 0 aliphatic heterocycles. The molecular formula is C8H10F5NO3. The molecule has 0 aromatic rings. The van der Waals surface area contributed by atoms with Crippen molar-refractivity contribution >= 4 is 5.97 Å². The minimum atomic E-state index is -5.28. The second-order valence-corrected chi connectivity index (χ2v) is 3.70. The topological polar surface area (TPSA) is 58.6 Å². The summed E-state index contributed by atoms with van der Waals surface area (Å²) in [6.45, 7) is 0. The Morgan fingerprint density at radius 2 is 2.00 bits per heavy atom. The highest BCUT2D eigenvalue weighted by molar-refractivity contribution is 5.75. The molecule has 100 valence electrons. The Hall–Kier alpha value is -0.960. The molecule has 0 amide bonds.